The molecule has 0 spiro atoms. The summed E-state index contributed by atoms with van der Waals surface area (Å²) in [6, 6.07) is 6.40. The Morgan fingerprint density at radius 2 is 2.29 bits per heavy atom. The Balaban J connectivity index is 1.69. The molecular weight excluding hydrogens is 284 g/mol. The summed E-state index contributed by atoms with van der Waals surface area (Å²) < 4.78 is 5.52. The van der Waals surface area contributed by atoms with Crippen molar-refractivity contribution in [3.05, 3.63) is 39.6 Å². The van der Waals surface area contributed by atoms with Gasteiger partial charge >= 0.3 is 0 Å². The maximum atomic E-state index is 11.5. The van der Waals surface area contributed by atoms with Crippen LogP contribution in [0.4, 0.5) is 11.4 Å². The van der Waals surface area contributed by atoms with Crippen molar-refractivity contribution in [2.75, 3.05) is 23.4 Å². The van der Waals surface area contributed by atoms with Gasteiger partial charge in [0.2, 0.25) is 0 Å². The van der Waals surface area contributed by atoms with Crippen LogP contribution in [-0.2, 0) is 17.8 Å². The van der Waals surface area contributed by atoms with E-state index in [-0.39, 0.29) is 12.5 Å². The van der Waals surface area contributed by atoms with Crippen LogP contribution in [0.1, 0.15) is 16.0 Å². The summed E-state index contributed by atoms with van der Waals surface area (Å²) in [5.41, 5.74) is 4.48. The maximum Gasteiger partial charge on any atom is 0.262 e. The summed E-state index contributed by atoms with van der Waals surface area (Å²) in [5, 5.41) is 5.07. The highest BCUT2D eigenvalue weighted by Crippen LogP contribution is 2.37. The highest BCUT2D eigenvalue weighted by molar-refractivity contribution is 7.10. The lowest BCUT2D eigenvalue weighted by atomic mass is 10.1. The fraction of sp³-hybridized carbons (Fsp3) is 0.312. The third-order valence-electron chi connectivity index (χ3n) is 4.07. The summed E-state index contributed by atoms with van der Waals surface area (Å²) >= 11 is 1.82. The molecule has 0 unspecified atom stereocenters. The van der Waals surface area contributed by atoms with Gasteiger partial charge in [0.1, 0.15) is 5.75 Å². The topological polar surface area (TPSA) is 41.6 Å². The van der Waals surface area contributed by atoms with Crippen molar-refractivity contribution in [1.82, 2.24) is 0 Å². The Hall–Kier alpha value is -2.01. The number of nitrogens with zero attached hydrogens (tertiary/aromatic N) is 1. The number of hydrogen-bond acceptors (Lipinski definition) is 4. The highest BCUT2D eigenvalue weighted by Gasteiger charge is 2.22. The molecule has 0 saturated carbocycles. The second-order valence-electron chi connectivity index (χ2n) is 5.52. The second-order valence-corrected chi connectivity index (χ2v) is 6.52. The predicted octanol–water partition coefficient (Wildman–Crippen LogP) is 2.95. The molecule has 0 fully saturated rings. The molecule has 1 aromatic heterocycles. The van der Waals surface area contributed by atoms with Crippen molar-refractivity contribution >= 4 is 28.6 Å². The van der Waals surface area contributed by atoms with E-state index < -0.39 is 0 Å². The van der Waals surface area contributed by atoms with E-state index in [1.807, 2.05) is 24.3 Å². The summed E-state index contributed by atoms with van der Waals surface area (Å²) in [6.45, 7) is 4.09. The zero-order valence-corrected chi connectivity index (χ0v) is 12.6. The quantitative estimate of drug-likeness (QED) is 0.880. The molecule has 4 nitrogen and oxygen atoms in total. The molecule has 0 aliphatic carbocycles. The number of benzene rings is 1. The van der Waals surface area contributed by atoms with Crippen LogP contribution < -0.4 is 15.0 Å². The fourth-order valence-electron chi connectivity index (χ4n) is 3.00. The number of carbonyl (C=O) groups is 1. The molecule has 0 atom stereocenters. The third-order valence-corrected chi connectivity index (χ3v) is 5.02. The molecule has 2 aliphatic heterocycles. The van der Waals surface area contributed by atoms with Crippen LogP contribution in [0.3, 0.4) is 0 Å². The van der Waals surface area contributed by atoms with Gasteiger partial charge in [-0.2, -0.15) is 0 Å². The van der Waals surface area contributed by atoms with Gasteiger partial charge in [-0.3, -0.25) is 4.79 Å². The van der Waals surface area contributed by atoms with E-state index in [1.165, 1.54) is 10.4 Å². The first-order valence-corrected chi connectivity index (χ1v) is 7.96. The Morgan fingerprint density at radius 3 is 3.19 bits per heavy atom. The molecule has 108 valence electrons. The largest absolute Gasteiger partial charge is 0.481 e. The lowest BCUT2D eigenvalue weighted by Crippen LogP contribution is -2.30. The van der Waals surface area contributed by atoms with Crippen LogP contribution in [-0.4, -0.2) is 19.1 Å². The highest BCUT2D eigenvalue weighted by atomic mass is 32.1. The van der Waals surface area contributed by atoms with Gasteiger partial charge in [-0.1, -0.05) is 0 Å². The van der Waals surface area contributed by atoms with Crippen LogP contribution in [0.25, 0.3) is 0 Å². The van der Waals surface area contributed by atoms with E-state index in [4.69, 9.17) is 4.74 Å². The van der Waals surface area contributed by atoms with Gasteiger partial charge in [-0.25, -0.2) is 0 Å². The number of aryl methyl sites for hydroxylation is 1. The van der Waals surface area contributed by atoms with E-state index in [2.05, 4.69) is 27.7 Å². The average Bonchev–Trinajstić information content (AvgIpc) is 2.94. The summed E-state index contributed by atoms with van der Waals surface area (Å²) in [7, 11) is 0. The smallest absolute Gasteiger partial charge is 0.262 e. The Bertz CT molecular complexity index is 723. The van der Waals surface area contributed by atoms with Crippen LogP contribution >= 0.6 is 11.3 Å². The molecule has 0 bridgehead atoms. The van der Waals surface area contributed by atoms with Crippen LogP contribution in [0.2, 0.25) is 0 Å². The molecule has 21 heavy (non-hydrogen) atoms. The first-order valence-electron chi connectivity index (χ1n) is 7.08. The lowest BCUT2D eigenvalue weighted by Gasteiger charge is -2.31. The number of nitrogens with one attached hydrogen (secondary N) is 1. The third kappa shape index (κ3) is 2.17. The minimum Gasteiger partial charge on any atom is -0.481 e. The molecule has 2 aliphatic rings. The SMILES string of the molecule is Cc1cc(N2CCc3ccsc3C2)cc2c1OCC(=O)N2. The molecule has 3 heterocycles. The van der Waals surface area contributed by atoms with Gasteiger partial charge in [0.25, 0.3) is 5.91 Å². The van der Waals surface area contributed by atoms with Crippen molar-refractivity contribution in [2.24, 2.45) is 0 Å². The zero-order chi connectivity index (χ0) is 14.4. The van der Waals surface area contributed by atoms with E-state index in [1.54, 1.807) is 0 Å². The minimum atomic E-state index is -0.0850. The standard InChI is InChI=1S/C16H16N2O2S/c1-10-6-12(7-13-16(10)20-9-15(19)17-13)18-4-2-11-3-5-21-14(11)8-18/h3,5-7H,2,4,8-9H2,1H3,(H,17,19). The molecule has 1 N–H and O–H groups in total. The van der Waals surface area contributed by atoms with E-state index in [0.717, 1.165) is 42.2 Å². The number of fused-ring (bicyclic) bond motifs is 2. The van der Waals surface area contributed by atoms with Crippen LogP contribution in [0, 0.1) is 6.92 Å². The van der Waals surface area contributed by atoms with Crippen molar-refractivity contribution in [2.45, 2.75) is 19.9 Å². The van der Waals surface area contributed by atoms with Crippen molar-refractivity contribution in [1.29, 1.82) is 0 Å². The Kier molecular flexibility index (Phi) is 2.89. The van der Waals surface area contributed by atoms with Gasteiger partial charge in [0, 0.05) is 17.1 Å². The second kappa shape index (κ2) is 4.77. The van der Waals surface area contributed by atoms with Gasteiger partial charge in [0.05, 0.1) is 12.2 Å². The van der Waals surface area contributed by atoms with Crippen molar-refractivity contribution in [3.8, 4) is 5.75 Å². The summed E-state index contributed by atoms with van der Waals surface area (Å²) in [6.07, 6.45) is 1.08. The van der Waals surface area contributed by atoms with E-state index in [9.17, 15) is 4.79 Å². The van der Waals surface area contributed by atoms with Gasteiger partial charge in [-0.15, -0.1) is 11.3 Å². The van der Waals surface area contributed by atoms with Gasteiger partial charge in [0.15, 0.2) is 6.61 Å². The zero-order valence-electron chi connectivity index (χ0n) is 11.8. The van der Waals surface area contributed by atoms with Gasteiger partial charge < -0.3 is 15.0 Å². The maximum absolute atomic E-state index is 11.5. The normalized spacial score (nSPS) is 16.8. The minimum absolute atomic E-state index is 0.0850. The first-order chi connectivity index (χ1) is 10.2. The number of thiophene rings is 1. The number of ether oxygens (including phenoxy) is 1. The molecule has 2 aromatic rings. The summed E-state index contributed by atoms with van der Waals surface area (Å²) in [5.74, 6) is 0.713. The van der Waals surface area contributed by atoms with Crippen LogP contribution in [0.15, 0.2) is 23.6 Å². The molecule has 0 saturated heterocycles. The van der Waals surface area contributed by atoms with Gasteiger partial charge in [-0.05, 0) is 48.1 Å². The molecule has 0 radical (unpaired) electrons. The van der Waals surface area contributed by atoms with Crippen molar-refractivity contribution < 1.29 is 9.53 Å². The molecule has 1 amide bonds. The van der Waals surface area contributed by atoms with E-state index in [0.29, 0.717) is 0 Å². The summed E-state index contributed by atoms with van der Waals surface area (Å²) in [4.78, 5) is 15.3. The number of rotatable bonds is 1. The fourth-order valence-corrected chi connectivity index (χ4v) is 3.95. The Morgan fingerprint density at radius 1 is 1.38 bits per heavy atom. The molecule has 5 heteroatoms. The number of amides is 1. The molecule has 1 aromatic carbocycles. The Labute approximate surface area is 127 Å². The van der Waals surface area contributed by atoms with Crippen LogP contribution in [0.5, 0.6) is 5.75 Å². The molecular formula is C16H16N2O2S. The first kappa shape index (κ1) is 12.7. The predicted molar refractivity (Wildman–Crippen MR) is 84.4 cm³/mol. The number of anilines is 2. The van der Waals surface area contributed by atoms with E-state index >= 15 is 0 Å². The monoisotopic (exact) mass is 300 g/mol. The molecule has 4 rings (SSSR count). The average molecular weight is 300 g/mol. The number of carbonyl (C=O) groups excluding carboxylic acids is 1. The number of hydrogen-bond donors (Lipinski definition) is 1. The van der Waals surface area contributed by atoms with Crippen molar-refractivity contribution in [3.63, 3.8) is 0 Å². The lowest BCUT2D eigenvalue weighted by molar-refractivity contribution is -0.118.